The number of carbonyl (C=O) groups is 1. The molecule has 0 bridgehead atoms. The van der Waals surface area contributed by atoms with Gasteiger partial charge in [-0.05, 0) is 37.5 Å². The molecule has 0 atom stereocenters. The first kappa shape index (κ1) is 15.7. The fraction of sp³-hybridized carbons (Fsp3) is 0.462. The summed E-state index contributed by atoms with van der Waals surface area (Å²) in [4.78, 5) is 10.8. The molecule has 1 aromatic carbocycles. The van der Waals surface area contributed by atoms with Crippen LogP contribution in [0.1, 0.15) is 29.6 Å². The zero-order valence-electron chi connectivity index (χ0n) is 11.4. The Bertz CT molecular complexity index is 649. The zero-order valence-corrected chi connectivity index (χ0v) is 12.2. The first-order valence-corrected chi connectivity index (χ1v) is 8.01. The summed E-state index contributed by atoms with van der Waals surface area (Å²) in [5, 5.41) is 8.85. The fourth-order valence-electron chi connectivity index (χ4n) is 2.26. The number of benzene rings is 1. The molecule has 2 N–H and O–H groups in total. The van der Waals surface area contributed by atoms with Gasteiger partial charge in [-0.15, -0.1) is 0 Å². The summed E-state index contributed by atoms with van der Waals surface area (Å²) in [7, 11) is -2.39. The number of halogens is 1. The van der Waals surface area contributed by atoms with Gasteiger partial charge in [0.25, 0.3) is 0 Å². The van der Waals surface area contributed by atoms with Crippen molar-refractivity contribution >= 4 is 21.7 Å². The monoisotopic (exact) mass is 317 g/mol. The van der Waals surface area contributed by atoms with Gasteiger partial charge in [-0.25, -0.2) is 17.6 Å². The number of rotatable bonds is 6. The Morgan fingerprint density at radius 1 is 1.48 bits per heavy atom. The molecule has 1 fully saturated rings. The lowest BCUT2D eigenvalue weighted by molar-refractivity contribution is -0.0524. The molecule has 6 nitrogen and oxygen atoms in total. The van der Waals surface area contributed by atoms with Crippen LogP contribution in [-0.2, 0) is 14.8 Å². The number of hydrogen-bond acceptors (Lipinski definition) is 4. The summed E-state index contributed by atoms with van der Waals surface area (Å²) in [6, 6.07) is 2.93. The molecule has 0 aromatic heterocycles. The van der Waals surface area contributed by atoms with E-state index >= 15 is 0 Å². The third-order valence-electron chi connectivity index (χ3n) is 3.63. The highest BCUT2D eigenvalue weighted by atomic mass is 32.2. The van der Waals surface area contributed by atoms with Crippen molar-refractivity contribution in [3.63, 3.8) is 0 Å². The Hall–Kier alpha value is -1.67. The molecule has 0 aliphatic heterocycles. The summed E-state index contributed by atoms with van der Waals surface area (Å²) >= 11 is 0. The Labute approximate surface area is 122 Å². The van der Waals surface area contributed by atoms with E-state index in [1.165, 1.54) is 7.11 Å². The van der Waals surface area contributed by atoms with Crippen molar-refractivity contribution < 1.29 is 27.4 Å². The topological polar surface area (TPSA) is 92.7 Å². The Balaban J connectivity index is 2.20. The predicted molar refractivity (Wildman–Crippen MR) is 74.4 cm³/mol. The number of sulfonamides is 1. The third kappa shape index (κ3) is 3.51. The van der Waals surface area contributed by atoms with Crippen LogP contribution in [0.15, 0.2) is 18.2 Å². The maximum atomic E-state index is 13.6. The molecule has 1 aliphatic carbocycles. The largest absolute Gasteiger partial charge is 0.478 e. The lowest BCUT2D eigenvalue weighted by Gasteiger charge is -2.39. The first-order chi connectivity index (χ1) is 9.77. The van der Waals surface area contributed by atoms with Gasteiger partial charge in [0.15, 0.2) is 0 Å². The van der Waals surface area contributed by atoms with Crippen molar-refractivity contribution in [2.24, 2.45) is 0 Å². The van der Waals surface area contributed by atoms with Gasteiger partial charge in [0, 0.05) is 7.11 Å². The number of carboxylic acid groups (broad SMARTS) is 1. The molecule has 0 unspecified atom stereocenters. The first-order valence-electron chi connectivity index (χ1n) is 6.35. The molecule has 21 heavy (non-hydrogen) atoms. The molecule has 1 saturated carbocycles. The quantitative estimate of drug-likeness (QED) is 0.835. The van der Waals surface area contributed by atoms with Gasteiger partial charge < -0.3 is 9.84 Å². The molecule has 116 valence electrons. The minimum absolute atomic E-state index is 0.195. The van der Waals surface area contributed by atoms with E-state index in [1.807, 2.05) is 0 Å². The minimum atomic E-state index is -3.84. The number of methoxy groups -OCH3 is 1. The Morgan fingerprint density at radius 2 is 2.14 bits per heavy atom. The van der Waals surface area contributed by atoms with Gasteiger partial charge in [0.1, 0.15) is 5.82 Å². The second-order valence-electron chi connectivity index (χ2n) is 5.10. The lowest BCUT2D eigenvalue weighted by Crippen LogP contribution is -2.46. The van der Waals surface area contributed by atoms with Crippen LogP contribution in [0.5, 0.6) is 0 Å². The summed E-state index contributed by atoms with van der Waals surface area (Å²) in [6.45, 7) is 0. The molecular formula is C13H16FNO5S. The standard InChI is InChI=1S/C13H16FNO5S/c1-20-13(5-2-6-13)8-21(18,19)15-11-7-9(12(16)17)3-4-10(11)14/h3-4,7,15H,2,5-6,8H2,1H3,(H,16,17). The van der Waals surface area contributed by atoms with Crippen LogP contribution in [0.25, 0.3) is 0 Å². The average molecular weight is 317 g/mol. The molecule has 0 heterocycles. The number of carboxylic acids is 1. The molecule has 0 saturated heterocycles. The van der Waals surface area contributed by atoms with Gasteiger partial charge >= 0.3 is 5.97 Å². The van der Waals surface area contributed by atoms with Crippen molar-refractivity contribution in [3.8, 4) is 0 Å². The van der Waals surface area contributed by atoms with Crippen molar-refractivity contribution in [2.75, 3.05) is 17.6 Å². The van der Waals surface area contributed by atoms with Gasteiger partial charge in [0.2, 0.25) is 10.0 Å². The Kier molecular flexibility index (Phi) is 4.20. The molecule has 2 rings (SSSR count). The van der Waals surface area contributed by atoms with E-state index in [0.717, 1.165) is 24.6 Å². The molecule has 1 aliphatic rings. The van der Waals surface area contributed by atoms with E-state index in [0.29, 0.717) is 12.8 Å². The van der Waals surface area contributed by atoms with E-state index in [9.17, 15) is 17.6 Å². The van der Waals surface area contributed by atoms with Crippen LogP contribution in [0.2, 0.25) is 0 Å². The van der Waals surface area contributed by atoms with Crippen LogP contribution < -0.4 is 4.72 Å². The summed E-state index contributed by atoms with van der Waals surface area (Å²) in [5.41, 5.74) is -1.30. The highest BCUT2D eigenvalue weighted by Gasteiger charge is 2.41. The van der Waals surface area contributed by atoms with Crippen LogP contribution in [0, 0.1) is 5.82 Å². The zero-order chi connectivity index (χ0) is 15.7. The Morgan fingerprint density at radius 3 is 2.62 bits per heavy atom. The predicted octanol–water partition coefficient (Wildman–Crippen LogP) is 1.83. The second kappa shape index (κ2) is 5.61. The van der Waals surface area contributed by atoms with Crippen LogP contribution in [0.3, 0.4) is 0 Å². The van der Waals surface area contributed by atoms with E-state index in [1.54, 1.807) is 0 Å². The highest BCUT2D eigenvalue weighted by Crippen LogP contribution is 2.36. The maximum absolute atomic E-state index is 13.6. The highest BCUT2D eigenvalue weighted by molar-refractivity contribution is 7.92. The van der Waals surface area contributed by atoms with Gasteiger partial charge in [-0.3, -0.25) is 4.72 Å². The van der Waals surface area contributed by atoms with E-state index in [4.69, 9.17) is 9.84 Å². The molecule has 1 aromatic rings. The van der Waals surface area contributed by atoms with Gasteiger partial charge in [0.05, 0.1) is 22.6 Å². The number of hydrogen-bond donors (Lipinski definition) is 2. The number of nitrogens with one attached hydrogen (secondary N) is 1. The van der Waals surface area contributed by atoms with Crippen LogP contribution in [-0.4, -0.2) is 38.0 Å². The second-order valence-corrected chi connectivity index (χ2v) is 6.82. The van der Waals surface area contributed by atoms with Crippen molar-refractivity contribution in [3.05, 3.63) is 29.6 Å². The number of anilines is 1. The number of aromatic carboxylic acids is 1. The van der Waals surface area contributed by atoms with Gasteiger partial charge in [-0.2, -0.15) is 0 Å². The van der Waals surface area contributed by atoms with Crippen molar-refractivity contribution in [1.29, 1.82) is 0 Å². The van der Waals surface area contributed by atoms with Crippen LogP contribution >= 0.6 is 0 Å². The van der Waals surface area contributed by atoms with Crippen molar-refractivity contribution in [1.82, 2.24) is 0 Å². The smallest absolute Gasteiger partial charge is 0.335 e. The summed E-state index contributed by atoms with van der Waals surface area (Å²) in [6.07, 6.45) is 2.14. The molecule has 0 spiro atoms. The van der Waals surface area contributed by atoms with E-state index in [-0.39, 0.29) is 17.0 Å². The maximum Gasteiger partial charge on any atom is 0.335 e. The summed E-state index contributed by atoms with van der Waals surface area (Å²) in [5.74, 6) is -2.38. The van der Waals surface area contributed by atoms with E-state index in [2.05, 4.69) is 4.72 Å². The minimum Gasteiger partial charge on any atom is -0.478 e. The third-order valence-corrected chi connectivity index (χ3v) is 5.07. The lowest BCUT2D eigenvalue weighted by atomic mass is 9.82. The average Bonchev–Trinajstić information content (AvgIpc) is 2.36. The SMILES string of the molecule is COC1(CS(=O)(=O)Nc2cc(C(=O)O)ccc2F)CCC1. The van der Waals surface area contributed by atoms with Crippen LogP contribution in [0.4, 0.5) is 10.1 Å². The van der Waals surface area contributed by atoms with Gasteiger partial charge in [-0.1, -0.05) is 0 Å². The summed E-state index contributed by atoms with van der Waals surface area (Å²) < 4.78 is 45.1. The molecule has 0 radical (unpaired) electrons. The number of ether oxygens (including phenoxy) is 1. The fourth-order valence-corrected chi connectivity index (χ4v) is 3.93. The molecular weight excluding hydrogens is 301 g/mol. The normalized spacial score (nSPS) is 17.0. The van der Waals surface area contributed by atoms with E-state index < -0.39 is 27.4 Å². The molecule has 8 heteroatoms. The van der Waals surface area contributed by atoms with Crippen molar-refractivity contribution in [2.45, 2.75) is 24.9 Å². The molecule has 0 amide bonds.